The van der Waals surface area contributed by atoms with Gasteiger partial charge in [-0.15, -0.1) is 0 Å². The topological polar surface area (TPSA) is 52.6 Å². The molecule has 142 valence electrons. The van der Waals surface area contributed by atoms with Crippen molar-refractivity contribution in [3.8, 4) is 0 Å². The molecule has 25 heavy (non-hydrogen) atoms. The second-order valence-corrected chi connectivity index (χ2v) is 8.46. The fourth-order valence-electron chi connectivity index (χ4n) is 5.00. The van der Waals surface area contributed by atoms with Crippen molar-refractivity contribution >= 4 is 6.41 Å². The Bertz CT molecular complexity index is 524. The SMILES string of the molecule is CC1CCCC2(C)C3=C(CCC(O)=C3)CCC12.CN(C)CCNC=O. The molecule has 4 heteroatoms. The first-order chi connectivity index (χ1) is 11.9. The lowest BCUT2D eigenvalue weighted by Crippen LogP contribution is -2.40. The molecule has 3 aliphatic carbocycles. The molecule has 3 atom stereocenters. The minimum Gasteiger partial charge on any atom is -0.512 e. The predicted molar refractivity (Wildman–Crippen MR) is 103 cm³/mol. The standard InChI is InChI=1S/C16H24O.C5H12N2O/c1-11-4-3-9-16(2)14(11)8-6-12-5-7-13(17)10-15(12)16;1-7(2)4-3-6-5-8/h10-11,14,17H,3-9H2,1-2H3;5H,3-4H2,1-2H3,(H,6,8). The first-order valence-electron chi connectivity index (χ1n) is 9.82. The molecule has 3 unspecified atom stereocenters. The molecule has 0 aromatic carbocycles. The van der Waals surface area contributed by atoms with E-state index in [1.807, 2.05) is 19.0 Å². The molecule has 3 rings (SSSR count). The zero-order valence-electron chi connectivity index (χ0n) is 16.5. The van der Waals surface area contributed by atoms with E-state index >= 15 is 0 Å². The van der Waals surface area contributed by atoms with Crippen molar-refractivity contribution in [1.29, 1.82) is 0 Å². The predicted octanol–water partition coefficient (Wildman–Crippen LogP) is 4.05. The first kappa shape index (κ1) is 20.0. The van der Waals surface area contributed by atoms with Crippen molar-refractivity contribution in [1.82, 2.24) is 10.2 Å². The molecular formula is C21H36N2O2. The number of carbonyl (C=O) groups excluding carboxylic acids is 1. The highest BCUT2D eigenvalue weighted by Gasteiger charge is 2.45. The maximum Gasteiger partial charge on any atom is 0.207 e. The van der Waals surface area contributed by atoms with Crippen LogP contribution in [0.1, 0.15) is 58.8 Å². The summed E-state index contributed by atoms with van der Waals surface area (Å²) in [6.45, 7) is 6.52. The van der Waals surface area contributed by atoms with Crippen LogP contribution in [-0.4, -0.2) is 43.6 Å². The number of likely N-dealkylation sites (N-methyl/N-ethyl adjacent to an activating group) is 1. The van der Waals surface area contributed by atoms with Gasteiger partial charge in [0.05, 0.1) is 5.76 Å². The van der Waals surface area contributed by atoms with Gasteiger partial charge in [0.2, 0.25) is 6.41 Å². The normalized spacial score (nSPS) is 31.3. The summed E-state index contributed by atoms with van der Waals surface area (Å²) in [5.41, 5.74) is 3.53. The Kier molecular flexibility index (Phi) is 7.12. The van der Waals surface area contributed by atoms with Crippen LogP contribution in [0, 0.1) is 17.3 Å². The summed E-state index contributed by atoms with van der Waals surface area (Å²) < 4.78 is 0. The molecule has 0 saturated heterocycles. The lowest BCUT2D eigenvalue weighted by Gasteiger charge is -2.51. The van der Waals surface area contributed by atoms with Gasteiger partial charge in [0.1, 0.15) is 0 Å². The van der Waals surface area contributed by atoms with Crippen molar-refractivity contribution in [2.24, 2.45) is 17.3 Å². The number of allylic oxidation sites excluding steroid dienone is 4. The van der Waals surface area contributed by atoms with Crippen LogP contribution >= 0.6 is 0 Å². The number of carbonyl (C=O) groups is 1. The summed E-state index contributed by atoms with van der Waals surface area (Å²) in [5, 5.41) is 12.4. The molecule has 0 aliphatic heterocycles. The molecule has 1 saturated carbocycles. The quantitative estimate of drug-likeness (QED) is 0.595. The van der Waals surface area contributed by atoms with Gasteiger partial charge in [0.15, 0.2) is 0 Å². The average Bonchev–Trinajstić information content (AvgIpc) is 2.56. The maximum absolute atomic E-state index is 9.85. The fraction of sp³-hybridized carbons (Fsp3) is 0.762. The summed E-state index contributed by atoms with van der Waals surface area (Å²) in [6, 6.07) is 0. The van der Waals surface area contributed by atoms with Crippen molar-refractivity contribution in [3.63, 3.8) is 0 Å². The van der Waals surface area contributed by atoms with Crippen LogP contribution < -0.4 is 5.32 Å². The van der Waals surface area contributed by atoms with Crippen molar-refractivity contribution < 1.29 is 9.90 Å². The lowest BCUT2D eigenvalue weighted by atomic mass is 9.54. The molecule has 0 aromatic heterocycles. The Morgan fingerprint density at radius 1 is 1.32 bits per heavy atom. The zero-order chi connectivity index (χ0) is 18.4. The second kappa shape index (κ2) is 8.88. The van der Waals surface area contributed by atoms with Crippen LogP contribution in [0.5, 0.6) is 0 Å². The van der Waals surface area contributed by atoms with Crippen LogP contribution in [-0.2, 0) is 4.79 Å². The Morgan fingerprint density at radius 2 is 2.08 bits per heavy atom. The van der Waals surface area contributed by atoms with Crippen molar-refractivity contribution in [2.45, 2.75) is 58.8 Å². The van der Waals surface area contributed by atoms with Crippen molar-refractivity contribution in [2.75, 3.05) is 27.2 Å². The molecular weight excluding hydrogens is 312 g/mol. The maximum atomic E-state index is 9.85. The number of nitrogens with one attached hydrogen (secondary N) is 1. The van der Waals surface area contributed by atoms with Gasteiger partial charge in [0.25, 0.3) is 0 Å². The van der Waals surface area contributed by atoms with Crippen LogP contribution in [0.4, 0.5) is 0 Å². The summed E-state index contributed by atoms with van der Waals surface area (Å²) in [5.74, 6) is 2.32. The van der Waals surface area contributed by atoms with Gasteiger partial charge >= 0.3 is 0 Å². The van der Waals surface area contributed by atoms with E-state index in [1.54, 1.807) is 5.57 Å². The third-order valence-electron chi connectivity index (χ3n) is 6.39. The van der Waals surface area contributed by atoms with E-state index in [1.165, 1.54) is 37.7 Å². The highest BCUT2D eigenvalue weighted by atomic mass is 16.3. The molecule has 0 radical (unpaired) electrons. The van der Waals surface area contributed by atoms with E-state index in [0.29, 0.717) is 17.6 Å². The molecule has 4 nitrogen and oxygen atoms in total. The minimum atomic E-state index is 0.361. The van der Waals surface area contributed by atoms with Crippen LogP contribution in [0.15, 0.2) is 23.0 Å². The largest absolute Gasteiger partial charge is 0.512 e. The molecule has 0 heterocycles. The van der Waals surface area contributed by atoms with E-state index < -0.39 is 0 Å². The van der Waals surface area contributed by atoms with Gasteiger partial charge in [-0.3, -0.25) is 4.79 Å². The summed E-state index contributed by atoms with van der Waals surface area (Å²) in [4.78, 5) is 11.7. The molecule has 0 spiro atoms. The number of fused-ring (bicyclic) bond motifs is 2. The average molecular weight is 349 g/mol. The van der Waals surface area contributed by atoms with E-state index in [2.05, 4.69) is 25.2 Å². The monoisotopic (exact) mass is 348 g/mol. The number of amides is 1. The fourth-order valence-corrected chi connectivity index (χ4v) is 5.00. The number of rotatable bonds is 4. The van der Waals surface area contributed by atoms with E-state index in [4.69, 9.17) is 0 Å². The molecule has 1 fully saturated rings. The highest BCUT2D eigenvalue weighted by Crippen LogP contribution is 2.56. The minimum absolute atomic E-state index is 0.361. The number of aliphatic hydroxyl groups excluding tert-OH is 1. The summed E-state index contributed by atoms with van der Waals surface area (Å²) >= 11 is 0. The molecule has 2 N–H and O–H groups in total. The zero-order valence-corrected chi connectivity index (χ0v) is 16.5. The van der Waals surface area contributed by atoms with Gasteiger partial charge < -0.3 is 15.3 Å². The number of nitrogens with zero attached hydrogens (tertiary/aromatic N) is 1. The summed E-state index contributed by atoms with van der Waals surface area (Å²) in [7, 11) is 3.93. The Labute approximate surface area is 153 Å². The Hall–Kier alpha value is -1.29. The highest BCUT2D eigenvalue weighted by molar-refractivity contribution is 5.45. The van der Waals surface area contributed by atoms with Crippen LogP contribution in [0.25, 0.3) is 0 Å². The van der Waals surface area contributed by atoms with Crippen LogP contribution in [0.3, 0.4) is 0 Å². The van der Waals surface area contributed by atoms with E-state index in [0.717, 1.165) is 37.8 Å². The lowest BCUT2D eigenvalue weighted by molar-refractivity contribution is -0.109. The van der Waals surface area contributed by atoms with Gasteiger partial charge in [-0.25, -0.2) is 0 Å². The number of hydrogen-bond acceptors (Lipinski definition) is 3. The first-order valence-corrected chi connectivity index (χ1v) is 9.82. The third kappa shape index (κ3) is 4.87. The van der Waals surface area contributed by atoms with Crippen LogP contribution in [0.2, 0.25) is 0 Å². The molecule has 3 aliphatic rings. The molecule has 1 amide bonds. The van der Waals surface area contributed by atoms with Gasteiger partial charge in [-0.05, 0) is 68.7 Å². The second-order valence-electron chi connectivity index (χ2n) is 8.46. The van der Waals surface area contributed by atoms with Crippen molar-refractivity contribution in [3.05, 3.63) is 23.0 Å². The number of hydrogen-bond donors (Lipinski definition) is 2. The Balaban J connectivity index is 0.000000242. The smallest absolute Gasteiger partial charge is 0.207 e. The van der Waals surface area contributed by atoms with Gasteiger partial charge in [-0.2, -0.15) is 0 Å². The molecule has 0 bridgehead atoms. The molecule has 0 aromatic rings. The van der Waals surface area contributed by atoms with Gasteiger partial charge in [-0.1, -0.05) is 32.3 Å². The Morgan fingerprint density at radius 3 is 2.76 bits per heavy atom. The third-order valence-corrected chi connectivity index (χ3v) is 6.39. The summed E-state index contributed by atoms with van der Waals surface area (Å²) in [6.07, 6.45) is 11.5. The van der Waals surface area contributed by atoms with E-state index in [9.17, 15) is 9.90 Å². The van der Waals surface area contributed by atoms with Gasteiger partial charge in [0, 0.05) is 19.5 Å². The number of aliphatic hydroxyl groups is 1. The van der Waals surface area contributed by atoms with E-state index in [-0.39, 0.29) is 0 Å².